The Balaban J connectivity index is 1.44. The number of anilines is 1. The summed E-state index contributed by atoms with van der Waals surface area (Å²) in [5.41, 5.74) is 4.68. The van der Waals surface area contributed by atoms with E-state index >= 15 is 0 Å². The maximum atomic E-state index is 13.7. The predicted octanol–water partition coefficient (Wildman–Crippen LogP) is 5.31. The molecule has 174 valence electrons. The summed E-state index contributed by atoms with van der Waals surface area (Å²) in [5.74, 6) is 0.989. The van der Waals surface area contributed by atoms with E-state index in [2.05, 4.69) is 10.4 Å². The van der Waals surface area contributed by atoms with E-state index in [1.807, 2.05) is 84.9 Å². The fraction of sp³-hybridized carbons (Fsp3) is 0.172. The van der Waals surface area contributed by atoms with Gasteiger partial charge in [0.2, 0.25) is 0 Å². The number of para-hydroxylation sites is 1. The third kappa shape index (κ3) is 3.87. The molecule has 0 radical (unpaired) electrons. The van der Waals surface area contributed by atoms with Crippen LogP contribution in [0.25, 0.3) is 5.69 Å². The molecule has 35 heavy (non-hydrogen) atoms. The monoisotopic (exact) mass is 463 g/mol. The van der Waals surface area contributed by atoms with Gasteiger partial charge in [0.05, 0.1) is 11.3 Å². The molecule has 0 bridgehead atoms. The fourth-order valence-electron chi connectivity index (χ4n) is 5.05. The smallest absolute Gasteiger partial charge is 0.277 e. The van der Waals surface area contributed by atoms with Crippen molar-refractivity contribution in [1.82, 2.24) is 9.78 Å². The van der Waals surface area contributed by atoms with Gasteiger partial charge in [-0.15, -0.1) is 0 Å². The van der Waals surface area contributed by atoms with Gasteiger partial charge in [-0.2, -0.15) is 0 Å². The number of carbonyl (C=O) groups excluding carboxylic acids is 1. The summed E-state index contributed by atoms with van der Waals surface area (Å²) < 4.78 is 7.62. The lowest BCUT2D eigenvalue weighted by Crippen LogP contribution is -2.29. The normalized spacial score (nSPS) is 16.9. The lowest BCUT2D eigenvalue weighted by Gasteiger charge is -2.31. The summed E-state index contributed by atoms with van der Waals surface area (Å²) in [6.45, 7) is 0.444. The molecule has 2 heterocycles. The van der Waals surface area contributed by atoms with Crippen LogP contribution in [0.2, 0.25) is 0 Å². The molecule has 2 aliphatic rings. The third-order valence-corrected chi connectivity index (χ3v) is 6.69. The molecule has 1 aliphatic heterocycles. The van der Waals surface area contributed by atoms with E-state index in [9.17, 15) is 9.59 Å². The van der Waals surface area contributed by atoms with Crippen LogP contribution in [0.1, 0.15) is 41.9 Å². The number of H-pyrrole nitrogens is 1. The molecular formula is C29H25N3O3. The number of aromatic nitrogens is 2. The number of ketones is 1. The number of benzene rings is 3. The van der Waals surface area contributed by atoms with Crippen LogP contribution in [0.4, 0.5) is 5.82 Å². The van der Waals surface area contributed by atoms with Crippen molar-refractivity contribution in [2.24, 2.45) is 0 Å². The first-order valence-electron chi connectivity index (χ1n) is 11.9. The van der Waals surface area contributed by atoms with Gasteiger partial charge in [-0.3, -0.25) is 14.7 Å². The van der Waals surface area contributed by atoms with E-state index in [1.54, 1.807) is 4.68 Å². The zero-order valence-corrected chi connectivity index (χ0v) is 19.2. The Labute approximate surface area is 202 Å². The molecule has 0 spiro atoms. The Hall–Kier alpha value is -4.32. The van der Waals surface area contributed by atoms with Crippen molar-refractivity contribution >= 4 is 11.6 Å². The van der Waals surface area contributed by atoms with Gasteiger partial charge in [-0.1, -0.05) is 60.7 Å². The molecule has 1 aromatic heterocycles. The average Bonchev–Trinajstić information content (AvgIpc) is 3.23. The highest BCUT2D eigenvalue weighted by Crippen LogP contribution is 2.44. The lowest BCUT2D eigenvalue weighted by atomic mass is 9.77. The number of nitrogens with zero attached hydrogens (tertiary/aromatic N) is 1. The molecule has 6 nitrogen and oxygen atoms in total. The second-order valence-corrected chi connectivity index (χ2v) is 8.95. The topological polar surface area (TPSA) is 76.1 Å². The van der Waals surface area contributed by atoms with Crippen LogP contribution in [0.15, 0.2) is 101 Å². The van der Waals surface area contributed by atoms with Crippen molar-refractivity contribution in [2.45, 2.75) is 31.8 Å². The summed E-state index contributed by atoms with van der Waals surface area (Å²) in [7, 11) is 0. The van der Waals surface area contributed by atoms with Crippen molar-refractivity contribution < 1.29 is 9.53 Å². The van der Waals surface area contributed by atoms with Gasteiger partial charge >= 0.3 is 0 Å². The molecule has 6 heteroatoms. The van der Waals surface area contributed by atoms with Crippen molar-refractivity contribution in [1.29, 1.82) is 0 Å². The SMILES string of the molecule is O=C1CCCC2=C1[C@H](c1cccc(OCc3ccccc3)c1)c1c([nH]n(-c3ccccc3)c1=O)N2. The van der Waals surface area contributed by atoms with Gasteiger partial charge in [-0.25, -0.2) is 4.68 Å². The number of rotatable bonds is 5. The summed E-state index contributed by atoms with van der Waals surface area (Å²) >= 11 is 0. The molecule has 4 aromatic rings. The standard InChI is InChI=1S/C29H25N3O3/c33-24-16-8-15-23-26(24)25(20-11-7-14-22(17-20)35-18-19-9-3-1-4-10-19)27-28(30-23)31-32(29(27)34)21-12-5-2-6-13-21/h1-7,9-14,17,25,30-31H,8,15-16,18H2/t25-/m0/s1. The van der Waals surface area contributed by atoms with Crippen LogP contribution >= 0.6 is 0 Å². The van der Waals surface area contributed by atoms with Gasteiger partial charge in [-0.05, 0) is 48.2 Å². The zero-order chi connectivity index (χ0) is 23.8. The lowest BCUT2D eigenvalue weighted by molar-refractivity contribution is -0.116. The molecule has 1 aliphatic carbocycles. The van der Waals surface area contributed by atoms with Gasteiger partial charge in [0.15, 0.2) is 5.78 Å². The van der Waals surface area contributed by atoms with Gasteiger partial charge < -0.3 is 10.1 Å². The number of hydrogen-bond donors (Lipinski definition) is 2. The van der Waals surface area contributed by atoms with Gasteiger partial charge in [0, 0.05) is 23.6 Å². The number of carbonyl (C=O) groups is 1. The quantitative estimate of drug-likeness (QED) is 0.421. The number of allylic oxidation sites excluding steroid dienone is 2. The van der Waals surface area contributed by atoms with Gasteiger partial charge in [0.25, 0.3) is 5.56 Å². The van der Waals surface area contributed by atoms with Crippen LogP contribution in [0.5, 0.6) is 5.75 Å². The maximum Gasteiger partial charge on any atom is 0.277 e. The number of hydrogen-bond acceptors (Lipinski definition) is 4. The number of Topliss-reactive ketones (excluding diaryl/α,β-unsaturated/α-hetero) is 1. The molecule has 1 atom stereocenters. The zero-order valence-electron chi connectivity index (χ0n) is 19.2. The van der Waals surface area contributed by atoms with E-state index in [0.717, 1.165) is 35.4 Å². The third-order valence-electron chi connectivity index (χ3n) is 6.69. The highest BCUT2D eigenvalue weighted by molar-refractivity contribution is 6.00. The first kappa shape index (κ1) is 21.2. The van der Waals surface area contributed by atoms with E-state index in [0.29, 0.717) is 35.7 Å². The largest absolute Gasteiger partial charge is 0.489 e. The average molecular weight is 464 g/mol. The van der Waals surface area contributed by atoms with Crippen molar-refractivity contribution in [3.63, 3.8) is 0 Å². The molecule has 0 unspecified atom stereocenters. The van der Waals surface area contributed by atoms with Crippen molar-refractivity contribution in [2.75, 3.05) is 5.32 Å². The summed E-state index contributed by atoms with van der Waals surface area (Å²) in [5, 5.41) is 6.62. The molecule has 0 fully saturated rings. The Bertz CT molecular complexity index is 1480. The number of nitrogens with one attached hydrogen (secondary N) is 2. The van der Waals surface area contributed by atoms with E-state index < -0.39 is 5.92 Å². The molecular weight excluding hydrogens is 438 g/mol. The molecule has 3 aromatic carbocycles. The van der Waals surface area contributed by atoms with Crippen LogP contribution < -0.4 is 15.6 Å². The molecule has 0 amide bonds. The Morgan fingerprint density at radius 1 is 0.886 bits per heavy atom. The second-order valence-electron chi connectivity index (χ2n) is 8.95. The Morgan fingerprint density at radius 3 is 2.46 bits per heavy atom. The molecule has 2 N–H and O–H groups in total. The molecule has 0 saturated heterocycles. The molecule has 6 rings (SSSR count). The van der Waals surface area contributed by atoms with Crippen molar-refractivity contribution in [3.8, 4) is 11.4 Å². The van der Waals surface area contributed by atoms with Crippen LogP contribution in [0, 0.1) is 0 Å². The minimum atomic E-state index is -0.456. The summed E-state index contributed by atoms with van der Waals surface area (Å²) in [6, 6.07) is 27.2. The van der Waals surface area contributed by atoms with Crippen LogP contribution in [-0.2, 0) is 11.4 Å². The maximum absolute atomic E-state index is 13.7. The minimum Gasteiger partial charge on any atom is -0.489 e. The number of ether oxygens (including phenoxy) is 1. The first-order valence-corrected chi connectivity index (χ1v) is 11.9. The first-order chi connectivity index (χ1) is 17.2. The van der Waals surface area contributed by atoms with E-state index in [1.165, 1.54) is 0 Å². The number of fused-ring (bicyclic) bond motifs is 1. The Morgan fingerprint density at radius 2 is 1.66 bits per heavy atom. The highest BCUT2D eigenvalue weighted by atomic mass is 16.5. The summed E-state index contributed by atoms with van der Waals surface area (Å²) in [6.07, 6.45) is 2.07. The van der Waals surface area contributed by atoms with Crippen molar-refractivity contribution in [3.05, 3.63) is 123 Å². The predicted molar refractivity (Wildman–Crippen MR) is 135 cm³/mol. The highest BCUT2D eigenvalue weighted by Gasteiger charge is 2.38. The molecule has 0 saturated carbocycles. The van der Waals surface area contributed by atoms with E-state index in [4.69, 9.17) is 4.74 Å². The fourth-order valence-corrected chi connectivity index (χ4v) is 5.05. The van der Waals surface area contributed by atoms with E-state index in [-0.39, 0.29) is 11.3 Å². The van der Waals surface area contributed by atoms with Crippen LogP contribution in [0.3, 0.4) is 0 Å². The Kier molecular flexibility index (Phi) is 5.34. The van der Waals surface area contributed by atoms with Crippen LogP contribution in [-0.4, -0.2) is 15.6 Å². The second kappa shape index (κ2) is 8.80. The minimum absolute atomic E-state index is 0.0943. The van der Waals surface area contributed by atoms with Gasteiger partial charge in [0.1, 0.15) is 18.2 Å². The summed E-state index contributed by atoms with van der Waals surface area (Å²) in [4.78, 5) is 26.9. The number of aromatic amines is 1.